The van der Waals surface area contributed by atoms with Crippen LogP contribution in [0.25, 0.3) is 11.0 Å². The molecule has 0 amide bonds. The van der Waals surface area contributed by atoms with Crippen molar-refractivity contribution >= 4 is 11.0 Å². The Morgan fingerprint density at radius 1 is 1.05 bits per heavy atom. The van der Waals surface area contributed by atoms with E-state index in [4.69, 9.17) is 0 Å². The molecule has 3 rings (SSSR count). The van der Waals surface area contributed by atoms with E-state index in [1.807, 2.05) is 48.5 Å². The number of aliphatic hydroxyl groups excluding tert-OH is 1. The van der Waals surface area contributed by atoms with Gasteiger partial charge in [-0.3, -0.25) is 0 Å². The Bertz CT molecular complexity index is 748. The lowest BCUT2D eigenvalue weighted by Crippen LogP contribution is -2.14. The molecule has 114 valence electrons. The third-order valence-electron chi connectivity index (χ3n) is 4.24. The molecule has 0 fully saturated rings. The lowest BCUT2D eigenvalue weighted by atomic mass is 10.1. The van der Waals surface area contributed by atoms with Crippen LogP contribution in [0.4, 0.5) is 0 Å². The highest BCUT2D eigenvalue weighted by molar-refractivity contribution is 5.76. The lowest BCUT2D eigenvalue weighted by Gasteiger charge is -2.17. The first-order chi connectivity index (χ1) is 10.7. The number of aliphatic hydroxyl groups is 1. The maximum absolute atomic E-state index is 10.8. The number of benzene rings is 2. The summed E-state index contributed by atoms with van der Waals surface area (Å²) in [6.07, 6.45) is 0.408. The van der Waals surface area contributed by atoms with Crippen molar-refractivity contribution in [1.82, 2.24) is 9.55 Å². The van der Waals surface area contributed by atoms with E-state index in [1.165, 1.54) is 0 Å². The topological polar surface area (TPSA) is 38.0 Å². The van der Waals surface area contributed by atoms with Crippen LogP contribution in [0.3, 0.4) is 0 Å². The fourth-order valence-electron chi connectivity index (χ4n) is 2.72. The minimum atomic E-state index is -0.697. The number of hydrogen-bond acceptors (Lipinski definition) is 2. The number of fused-ring (bicyclic) bond motifs is 1. The second kappa shape index (κ2) is 6.32. The zero-order valence-electron chi connectivity index (χ0n) is 13.1. The van der Waals surface area contributed by atoms with Crippen LogP contribution in [0.15, 0.2) is 54.6 Å². The molecule has 0 spiro atoms. The molecule has 0 saturated heterocycles. The van der Waals surface area contributed by atoms with Crippen LogP contribution < -0.4 is 0 Å². The number of nitrogens with zero attached hydrogens (tertiary/aromatic N) is 2. The zero-order chi connectivity index (χ0) is 15.5. The molecule has 22 heavy (non-hydrogen) atoms. The summed E-state index contributed by atoms with van der Waals surface area (Å²) < 4.78 is 2.17. The van der Waals surface area contributed by atoms with E-state index < -0.39 is 6.10 Å². The number of hydrogen-bond donors (Lipinski definition) is 1. The van der Waals surface area contributed by atoms with E-state index in [0.717, 1.165) is 35.4 Å². The van der Waals surface area contributed by atoms with Crippen LogP contribution in [0.1, 0.15) is 37.8 Å². The van der Waals surface area contributed by atoms with Gasteiger partial charge in [-0.2, -0.15) is 0 Å². The summed E-state index contributed by atoms with van der Waals surface area (Å²) >= 11 is 0. The molecule has 3 nitrogen and oxygen atoms in total. The first-order valence-electron chi connectivity index (χ1n) is 7.89. The summed E-state index contributed by atoms with van der Waals surface area (Å²) in [6.45, 7) is 5.29. The Morgan fingerprint density at radius 3 is 2.45 bits per heavy atom. The standard InChI is InChI=1S/C19H22N2O/c1-3-14(2)13-21-17-12-8-7-11-16(17)20-19(21)18(22)15-9-5-4-6-10-15/h4-12,14,18,22H,3,13H2,1-2H3/t14-,18-/m0/s1. The van der Waals surface area contributed by atoms with Crippen molar-refractivity contribution < 1.29 is 5.11 Å². The molecule has 2 aromatic carbocycles. The van der Waals surface area contributed by atoms with Crippen molar-refractivity contribution in [2.45, 2.75) is 32.9 Å². The van der Waals surface area contributed by atoms with E-state index in [-0.39, 0.29) is 0 Å². The van der Waals surface area contributed by atoms with Gasteiger partial charge in [0.25, 0.3) is 0 Å². The molecule has 0 unspecified atom stereocenters. The SMILES string of the molecule is CC[C@H](C)Cn1c([C@@H](O)c2ccccc2)nc2ccccc21. The molecular weight excluding hydrogens is 272 g/mol. The average molecular weight is 294 g/mol. The van der Waals surface area contributed by atoms with Gasteiger partial charge in [-0.25, -0.2) is 4.98 Å². The predicted molar refractivity (Wildman–Crippen MR) is 89.7 cm³/mol. The maximum Gasteiger partial charge on any atom is 0.143 e. The van der Waals surface area contributed by atoms with Crippen LogP contribution in [0, 0.1) is 5.92 Å². The summed E-state index contributed by atoms with van der Waals surface area (Å²) in [5.74, 6) is 1.27. The van der Waals surface area contributed by atoms with Crippen LogP contribution in [-0.4, -0.2) is 14.7 Å². The first kappa shape index (κ1) is 14.8. The predicted octanol–water partition coefficient (Wildman–Crippen LogP) is 4.16. The highest BCUT2D eigenvalue weighted by atomic mass is 16.3. The molecule has 0 aliphatic heterocycles. The van der Waals surface area contributed by atoms with Gasteiger partial charge >= 0.3 is 0 Å². The molecule has 0 radical (unpaired) electrons. The van der Waals surface area contributed by atoms with Gasteiger partial charge < -0.3 is 9.67 Å². The third-order valence-corrected chi connectivity index (χ3v) is 4.24. The molecule has 0 aliphatic rings. The van der Waals surface area contributed by atoms with Gasteiger partial charge in [-0.15, -0.1) is 0 Å². The Labute approximate surface area is 131 Å². The van der Waals surface area contributed by atoms with E-state index >= 15 is 0 Å². The highest BCUT2D eigenvalue weighted by Gasteiger charge is 2.20. The minimum Gasteiger partial charge on any atom is -0.380 e. The van der Waals surface area contributed by atoms with Gasteiger partial charge in [0.15, 0.2) is 0 Å². The Morgan fingerprint density at radius 2 is 1.73 bits per heavy atom. The third kappa shape index (κ3) is 2.77. The Kier molecular flexibility index (Phi) is 4.25. The maximum atomic E-state index is 10.8. The van der Waals surface area contributed by atoms with Gasteiger partial charge in [-0.05, 0) is 23.6 Å². The fraction of sp³-hybridized carbons (Fsp3) is 0.316. The van der Waals surface area contributed by atoms with Crippen LogP contribution in [-0.2, 0) is 6.54 Å². The van der Waals surface area contributed by atoms with Crippen molar-refractivity contribution in [3.05, 3.63) is 66.0 Å². The molecule has 3 aromatic rings. The van der Waals surface area contributed by atoms with Gasteiger partial charge in [0.2, 0.25) is 0 Å². The Hall–Kier alpha value is -2.13. The quantitative estimate of drug-likeness (QED) is 0.767. The monoisotopic (exact) mass is 294 g/mol. The van der Waals surface area contributed by atoms with Crippen molar-refractivity contribution in [2.75, 3.05) is 0 Å². The second-order valence-electron chi connectivity index (χ2n) is 5.90. The van der Waals surface area contributed by atoms with E-state index in [9.17, 15) is 5.11 Å². The molecule has 1 N–H and O–H groups in total. The van der Waals surface area contributed by atoms with Gasteiger partial charge in [-0.1, -0.05) is 62.7 Å². The van der Waals surface area contributed by atoms with E-state index in [0.29, 0.717) is 5.92 Å². The van der Waals surface area contributed by atoms with E-state index in [1.54, 1.807) is 0 Å². The average Bonchev–Trinajstić information content (AvgIpc) is 2.93. The number of imidazole rings is 1. The van der Waals surface area contributed by atoms with Crippen LogP contribution >= 0.6 is 0 Å². The number of rotatable bonds is 5. The molecule has 0 saturated carbocycles. The number of aromatic nitrogens is 2. The largest absolute Gasteiger partial charge is 0.380 e. The zero-order valence-corrected chi connectivity index (χ0v) is 13.1. The van der Waals surface area contributed by atoms with Crippen molar-refractivity contribution in [3.63, 3.8) is 0 Å². The molecule has 0 bridgehead atoms. The van der Waals surface area contributed by atoms with Crippen molar-refractivity contribution in [2.24, 2.45) is 5.92 Å². The van der Waals surface area contributed by atoms with Crippen LogP contribution in [0.5, 0.6) is 0 Å². The first-order valence-corrected chi connectivity index (χ1v) is 7.89. The molecule has 3 heteroatoms. The minimum absolute atomic E-state index is 0.541. The molecular formula is C19H22N2O. The van der Waals surface area contributed by atoms with Crippen LogP contribution in [0.2, 0.25) is 0 Å². The molecule has 1 aromatic heterocycles. The molecule has 0 aliphatic carbocycles. The normalized spacial score (nSPS) is 14.1. The summed E-state index contributed by atoms with van der Waals surface area (Å²) in [5, 5.41) is 10.8. The van der Waals surface area contributed by atoms with Gasteiger partial charge in [0, 0.05) is 6.54 Å². The highest BCUT2D eigenvalue weighted by Crippen LogP contribution is 2.26. The second-order valence-corrected chi connectivity index (χ2v) is 5.90. The number of para-hydroxylation sites is 2. The van der Waals surface area contributed by atoms with Gasteiger partial charge in [0.1, 0.15) is 11.9 Å². The van der Waals surface area contributed by atoms with Crippen molar-refractivity contribution in [1.29, 1.82) is 0 Å². The van der Waals surface area contributed by atoms with Crippen molar-refractivity contribution in [3.8, 4) is 0 Å². The summed E-state index contributed by atoms with van der Waals surface area (Å²) in [7, 11) is 0. The summed E-state index contributed by atoms with van der Waals surface area (Å²) in [4.78, 5) is 4.69. The Balaban J connectivity index is 2.09. The smallest absolute Gasteiger partial charge is 0.143 e. The summed E-state index contributed by atoms with van der Waals surface area (Å²) in [6, 6.07) is 17.8. The molecule has 1 heterocycles. The van der Waals surface area contributed by atoms with E-state index in [2.05, 4.69) is 29.5 Å². The molecule has 2 atom stereocenters. The lowest BCUT2D eigenvalue weighted by molar-refractivity contribution is 0.203. The fourth-order valence-corrected chi connectivity index (χ4v) is 2.72. The summed E-state index contributed by atoms with van der Waals surface area (Å²) in [5.41, 5.74) is 2.91. The van der Waals surface area contributed by atoms with Gasteiger partial charge in [0.05, 0.1) is 11.0 Å².